The van der Waals surface area contributed by atoms with Gasteiger partial charge in [-0.05, 0) is 35.4 Å². The summed E-state index contributed by atoms with van der Waals surface area (Å²) >= 11 is 3.14. The summed E-state index contributed by atoms with van der Waals surface area (Å²) in [7, 11) is 0. The van der Waals surface area contributed by atoms with E-state index in [4.69, 9.17) is 4.74 Å². The van der Waals surface area contributed by atoms with Crippen LogP contribution in [0.1, 0.15) is 20.8 Å². The van der Waals surface area contributed by atoms with Gasteiger partial charge in [0.2, 0.25) is 0 Å². The van der Waals surface area contributed by atoms with E-state index in [0.29, 0.717) is 11.4 Å². The quantitative estimate of drug-likeness (QED) is 0.460. The van der Waals surface area contributed by atoms with Crippen molar-refractivity contribution in [3.63, 3.8) is 0 Å². The van der Waals surface area contributed by atoms with Crippen molar-refractivity contribution in [3.05, 3.63) is 76.7 Å². The number of para-hydroxylation sites is 1. The number of nitrogens with one attached hydrogen (secondary N) is 1. The molecule has 0 spiro atoms. The molecule has 0 saturated carbocycles. The van der Waals surface area contributed by atoms with Gasteiger partial charge < -0.3 is 10.1 Å². The third-order valence-corrected chi connectivity index (χ3v) is 7.61. The first-order valence-corrected chi connectivity index (χ1v) is 12.0. The highest BCUT2D eigenvalue weighted by atomic mass is 32.1. The lowest BCUT2D eigenvalue weighted by Gasteiger charge is -2.26. The summed E-state index contributed by atoms with van der Waals surface area (Å²) in [4.78, 5) is 21.5. The van der Waals surface area contributed by atoms with Crippen LogP contribution in [-0.2, 0) is 17.8 Å². The summed E-state index contributed by atoms with van der Waals surface area (Å²) < 4.78 is 6.56. The van der Waals surface area contributed by atoms with Gasteiger partial charge in [0.25, 0.3) is 5.91 Å². The minimum absolute atomic E-state index is 0.0465. The summed E-state index contributed by atoms with van der Waals surface area (Å²) in [6.45, 7) is 5.06. The van der Waals surface area contributed by atoms with Crippen molar-refractivity contribution in [3.8, 4) is 9.88 Å². The average Bonchev–Trinajstić information content (AvgIpc) is 3.46. The molecule has 1 N–H and O–H groups in total. The van der Waals surface area contributed by atoms with E-state index in [2.05, 4.69) is 45.5 Å². The second-order valence-corrected chi connectivity index (χ2v) is 9.65. The Morgan fingerprint density at radius 1 is 0.968 bits per heavy atom. The zero-order valence-corrected chi connectivity index (χ0v) is 18.7. The molecule has 1 aliphatic rings. The number of carbonyl (C=O) groups is 1. The van der Waals surface area contributed by atoms with Gasteiger partial charge in [-0.3, -0.25) is 9.69 Å². The largest absolute Gasteiger partial charge is 0.379 e. The molecule has 1 fully saturated rings. The van der Waals surface area contributed by atoms with Crippen LogP contribution < -0.4 is 5.32 Å². The molecule has 31 heavy (non-hydrogen) atoms. The zero-order chi connectivity index (χ0) is 21.0. The molecular formula is C24H23N3O2S2. The van der Waals surface area contributed by atoms with Gasteiger partial charge in [0.05, 0.1) is 33.2 Å². The number of thiophene rings is 1. The standard InChI is InChI=1S/C24H23N3O2S2/c28-23(21-9-10-22(30-21)24-26-19-3-1-2-4-20(19)31-24)25-15-17-5-7-18(8-6-17)16-27-11-13-29-14-12-27/h1-10H,11-16H2,(H,25,28). The number of hydrogen-bond donors (Lipinski definition) is 1. The van der Waals surface area contributed by atoms with Crippen LogP contribution >= 0.6 is 22.7 Å². The molecule has 0 aliphatic carbocycles. The molecule has 0 bridgehead atoms. The molecule has 1 aliphatic heterocycles. The maximum Gasteiger partial charge on any atom is 0.261 e. The molecule has 2 aromatic heterocycles. The number of aromatic nitrogens is 1. The third kappa shape index (κ3) is 4.85. The first-order chi connectivity index (χ1) is 15.2. The van der Waals surface area contributed by atoms with Crippen molar-refractivity contribution in [1.82, 2.24) is 15.2 Å². The maximum absolute atomic E-state index is 12.6. The Morgan fingerprint density at radius 3 is 2.55 bits per heavy atom. The van der Waals surface area contributed by atoms with Gasteiger partial charge in [-0.1, -0.05) is 36.4 Å². The Hall–Kier alpha value is -2.58. The summed E-state index contributed by atoms with van der Waals surface area (Å²) in [6, 6.07) is 20.5. The maximum atomic E-state index is 12.6. The molecule has 158 valence electrons. The molecule has 4 aromatic rings. The highest BCUT2D eigenvalue weighted by molar-refractivity contribution is 7.26. The van der Waals surface area contributed by atoms with Gasteiger partial charge in [0.15, 0.2) is 0 Å². The third-order valence-electron chi connectivity index (χ3n) is 5.32. The highest BCUT2D eigenvalue weighted by Crippen LogP contribution is 2.34. The second-order valence-electron chi connectivity index (χ2n) is 7.54. The fraction of sp³-hybridized carbons (Fsp3) is 0.250. The predicted octanol–water partition coefficient (Wildman–Crippen LogP) is 4.79. The zero-order valence-electron chi connectivity index (χ0n) is 17.0. The SMILES string of the molecule is O=C(NCc1ccc(CN2CCOCC2)cc1)c1ccc(-c2nc3ccccc3s2)s1. The molecule has 5 rings (SSSR count). The number of morpholine rings is 1. The van der Waals surface area contributed by atoms with Gasteiger partial charge in [-0.2, -0.15) is 0 Å². The van der Waals surface area contributed by atoms with E-state index in [-0.39, 0.29) is 5.91 Å². The number of fused-ring (bicyclic) bond motifs is 1. The summed E-state index contributed by atoms with van der Waals surface area (Å²) in [6.07, 6.45) is 0. The highest BCUT2D eigenvalue weighted by Gasteiger charge is 2.14. The number of hydrogen-bond acceptors (Lipinski definition) is 6. The summed E-state index contributed by atoms with van der Waals surface area (Å²) in [5.74, 6) is -0.0465. The van der Waals surface area contributed by atoms with Gasteiger partial charge >= 0.3 is 0 Å². The van der Waals surface area contributed by atoms with E-state index < -0.39 is 0 Å². The Labute approximate surface area is 189 Å². The molecule has 7 heteroatoms. The van der Waals surface area contributed by atoms with Gasteiger partial charge in [-0.25, -0.2) is 4.98 Å². The number of carbonyl (C=O) groups excluding carboxylic acids is 1. The monoisotopic (exact) mass is 449 g/mol. The van der Waals surface area contributed by atoms with E-state index >= 15 is 0 Å². The molecule has 1 amide bonds. The van der Waals surface area contributed by atoms with E-state index in [0.717, 1.165) is 58.5 Å². The molecular weight excluding hydrogens is 426 g/mol. The lowest BCUT2D eigenvalue weighted by atomic mass is 10.1. The predicted molar refractivity (Wildman–Crippen MR) is 127 cm³/mol. The number of nitrogens with zero attached hydrogens (tertiary/aromatic N) is 2. The number of rotatable bonds is 6. The molecule has 5 nitrogen and oxygen atoms in total. The van der Waals surface area contributed by atoms with Crippen molar-refractivity contribution >= 4 is 38.8 Å². The summed E-state index contributed by atoms with van der Waals surface area (Å²) in [5.41, 5.74) is 3.39. The van der Waals surface area contributed by atoms with Crippen LogP contribution in [0.3, 0.4) is 0 Å². The fourth-order valence-electron chi connectivity index (χ4n) is 3.60. The lowest BCUT2D eigenvalue weighted by Crippen LogP contribution is -2.35. The summed E-state index contributed by atoms with van der Waals surface area (Å²) in [5, 5.41) is 3.99. The first-order valence-electron chi connectivity index (χ1n) is 10.4. The molecule has 0 unspecified atom stereocenters. The van der Waals surface area contributed by atoms with Crippen molar-refractivity contribution in [1.29, 1.82) is 0 Å². The van der Waals surface area contributed by atoms with Crippen molar-refractivity contribution in [2.75, 3.05) is 26.3 Å². The molecule has 1 saturated heterocycles. The van der Waals surface area contributed by atoms with Crippen LogP contribution in [0.2, 0.25) is 0 Å². The second kappa shape index (κ2) is 9.28. The number of ether oxygens (including phenoxy) is 1. The molecule has 0 atom stereocenters. The molecule has 0 radical (unpaired) electrons. The Morgan fingerprint density at radius 2 is 1.74 bits per heavy atom. The topological polar surface area (TPSA) is 54.5 Å². The lowest BCUT2D eigenvalue weighted by molar-refractivity contribution is 0.0342. The van der Waals surface area contributed by atoms with E-state index in [1.165, 1.54) is 16.9 Å². The Bertz CT molecular complexity index is 1140. The molecule has 3 heterocycles. The minimum Gasteiger partial charge on any atom is -0.379 e. The first kappa shape index (κ1) is 20.3. The van der Waals surface area contributed by atoms with Gasteiger partial charge in [-0.15, -0.1) is 22.7 Å². The molecule has 2 aromatic carbocycles. The van der Waals surface area contributed by atoms with Gasteiger partial charge in [0, 0.05) is 26.2 Å². The van der Waals surface area contributed by atoms with Crippen LogP contribution in [0.15, 0.2) is 60.7 Å². The number of thiazole rings is 1. The van der Waals surface area contributed by atoms with Crippen molar-refractivity contribution < 1.29 is 9.53 Å². The number of benzene rings is 2. The van der Waals surface area contributed by atoms with Crippen LogP contribution in [0.4, 0.5) is 0 Å². The minimum atomic E-state index is -0.0465. The van der Waals surface area contributed by atoms with Crippen molar-refractivity contribution in [2.24, 2.45) is 0 Å². The fourth-order valence-corrected chi connectivity index (χ4v) is 5.54. The van der Waals surface area contributed by atoms with Gasteiger partial charge in [0.1, 0.15) is 5.01 Å². The van der Waals surface area contributed by atoms with Crippen LogP contribution in [-0.4, -0.2) is 42.1 Å². The van der Waals surface area contributed by atoms with Crippen LogP contribution in [0.5, 0.6) is 0 Å². The van der Waals surface area contributed by atoms with Crippen LogP contribution in [0.25, 0.3) is 20.1 Å². The van der Waals surface area contributed by atoms with Crippen LogP contribution in [0, 0.1) is 0 Å². The Balaban J connectivity index is 1.18. The average molecular weight is 450 g/mol. The number of amides is 1. The normalized spacial score (nSPS) is 14.7. The smallest absolute Gasteiger partial charge is 0.261 e. The Kier molecular flexibility index (Phi) is 6.08. The van der Waals surface area contributed by atoms with E-state index in [9.17, 15) is 4.79 Å². The van der Waals surface area contributed by atoms with E-state index in [1.54, 1.807) is 11.3 Å². The van der Waals surface area contributed by atoms with E-state index in [1.807, 2.05) is 30.3 Å². The van der Waals surface area contributed by atoms with Crippen molar-refractivity contribution in [2.45, 2.75) is 13.1 Å².